The van der Waals surface area contributed by atoms with E-state index < -0.39 is 0 Å². The number of rotatable bonds is 5. The van der Waals surface area contributed by atoms with Crippen LogP contribution in [0.25, 0.3) is 0 Å². The quantitative estimate of drug-likeness (QED) is 0.882. The molecule has 1 heterocycles. The average molecular weight is 248 g/mol. The number of ether oxygens (including phenoxy) is 1. The first-order valence-corrected chi connectivity index (χ1v) is 6.55. The van der Waals surface area contributed by atoms with Gasteiger partial charge in [-0.1, -0.05) is 30.4 Å². The largest absolute Gasteiger partial charge is 0.431 e. The topological polar surface area (TPSA) is 34.1 Å². The highest BCUT2D eigenvalue weighted by atomic mass is 32.1. The van der Waals surface area contributed by atoms with Gasteiger partial charge in [-0.25, -0.2) is 4.98 Å². The number of aryl methyl sites for hydroxylation is 1. The van der Waals surface area contributed by atoms with Gasteiger partial charge in [-0.3, -0.25) is 0 Å². The molecule has 0 saturated carbocycles. The molecule has 0 amide bonds. The van der Waals surface area contributed by atoms with Crippen molar-refractivity contribution < 1.29 is 4.74 Å². The van der Waals surface area contributed by atoms with Crippen LogP contribution in [0.3, 0.4) is 0 Å². The molecule has 4 heteroatoms. The Morgan fingerprint density at radius 3 is 3.00 bits per heavy atom. The minimum absolute atomic E-state index is 0.712. The zero-order chi connectivity index (χ0) is 12.1. The second-order valence-electron chi connectivity index (χ2n) is 3.74. The summed E-state index contributed by atoms with van der Waals surface area (Å²) in [6.07, 6.45) is 0.944. The minimum Gasteiger partial charge on any atom is -0.431 e. The lowest BCUT2D eigenvalue weighted by Crippen LogP contribution is -2.04. The van der Waals surface area contributed by atoms with Crippen molar-refractivity contribution in [2.24, 2.45) is 0 Å². The number of aromatic nitrogens is 1. The predicted molar refractivity (Wildman–Crippen MR) is 70.8 cm³/mol. The van der Waals surface area contributed by atoms with Gasteiger partial charge in [0.05, 0.1) is 5.69 Å². The lowest BCUT2D eigenvalue weighted by Gasteiger charge is -2.04. The number of benzene rings is 1. The van der Waals surface area contributed by atoms with E-state index in [4.69, 9.17) is 4.74 Å². The third kappa shape index (κ3) is 3.28. The van der Waals surface area contributed by atoms with Crippen molar-refractivity contribution in [2.45, 2.75) is 19.9 Å². The summed E-state index contributed by atoms with van der Waals surface area (Å²) in [5.74, 6) is 0.842. The maximum atomic E-state index is 5.73. The lowest BCUT2D eigenvalue weighted by atomic mass is 10.2. The SMILES string of the molecule is CCc1csc(Oc2cccc(CNC)c2)n1. The van der Waals surface area contributed by atoms with Crippen LogP contribution in [0.5, 0.6) is 10.9 Å². The van der Waals surface area contributed by atoms with Gasteiger partial charge in [-0.15, -0.1) is 0 Å². The second-order valence-corrected chi connectivity index (χ2v) is 4.56. The Kier molecular flexibility index (Phi) is 4.12. The molecule has 0 spiro atoms. The molecule has 0 aliphatic heterocycles. The molecule has 0 saturated heterocycles. The fourth-order valence-corrected chi connectivity index (χ4v) is 2.29. The molecule has 0 atom stereocenters. The molecule has 2 rings (SSSR count). The van der Waals surface area contributed by atoms with E-state index in [1.165, 1.54) is 16.9 Å². The summed E-state index contributed by atoms with van der Waals surface area (Å²) in [5.41, 5.74) is 2.29. The first-order chi connectivity index (χ1) is 8.31. The average Bonchev–Trinajstić information content (AvgIpc) is 2.78. The van der Waals surface area contributed by atoms with Crippen LogP contribution in [0.4, 0.5) is 0 Å². The van der Waals surface area contributed by atoms with Gasteiger partial charge in [0.2, 0.25) is 0 Å². The van der Waals surface area contributed by atoms with Crippen LogP contribution in [0.1, 0.15) is 18.2 Å². The molecular formula is C13H16N2OS. The fourth-order valence-electron chi connectivity index (χ4n) is 1.52. The molecule has 0 aliphatic rings. The Balaban J connectivity index is 2.09. The summed E-state index contributed by atoms with van der Waals surface area (Å²) in [6, 6.07) is 8.05. The van der Waals surface area contributed by atoms with Crippen LogP contribution in [0, 0.1) is 0 Å². The number of thiazole rings is 1. The Labute approximate surface area is 105 Å². The minimum atomic E-state index is 0.712. The Bertz CT molecular complexity index is 482. The fraction of sp³-hybridized carbons (Fsp3) is 0.308. The Morgan fingerprint density at radius 1 is 1.41 bits per heavy atom. The molecule has 1 N–H and O–H groups in total. The molecule has 90 valence electrons. The van der Waals surface area contributed by atoms with Gasteiger partial charge in [0.1, 0.15) is 5.75 Å². The van der Waals surface area contributed by atoms with Crippen molar-refractivity contribution in [1.82, 2.24) is 10.3 Å². The van der Waals surface area contributed by atoms with Crippen LogP contribution >= 0.6 is 11.3 Å². The number of hydrogen-bond acceptors (Lipinski definition) is 4. The van der Waals surface area contributed by atoms with Crippen molar-refractivity contribution in [2.75, 3.05) is 7.05 Å². The summed E-state index contributed by atoms with van der Waals surface area (Å²) in [4.78, 5) is 4.38. The van der Waals surface area contributed by atoms with E-state index in [9.17, 15) is 0 Å². The molecule has 1 aromatic heterocycles. The normalized spacial score (nSPS) is 10.5. The van der Waals surface area contributed by atoms with Crippen LogP contribution in [-0.2, 0) is 13.0 Å². The maximum absolute atomic E-state index is 5.73. The lowest BCUT2D eigenvalue weighted by molar-refractivity contribution is 0.476. The molecule has 3 nitrogen and oxygen atoms in total. The first-order valence-electron chi connectivity index (χ1n) is 5.67. The summed E-state index contributed by atoms with van der Waals surface area (Å²) in [6.45, 7) is 2.93. The van der Waals surface area contributed by atoms with Crippen molar-refractivity contribution in [3.63, 3.8) is 0 Å². The van der Waals surface area contributed by atoms with Crippen LogP contribution in [0.2, 0.25) is 0 Å². The molecule has 0 unspecified atom stereocenters. The predicted octanol–water partition coefficient (Wildman–Crippen LogP) is 3.22. The molecular weight excluding hydrogens is 232 g/mol. The first kappa shape index (κ1) is 12.1. The maximum Gasteiger partial charge on any atom is 0.278 e. The third-order valence-electron chi connectivity index (χ3n) is 2.38. The smallest absolute Gasteiger partial charge is 0.278 e. The highest BCUT2D eigenvalue weighted by molar-refractivity contribution is 7.11. The summed E-state index contributed by atoms with van der Waals surface area (Å²) in [7, 11) is 1.93. The van der Waals surface area contributed by atoms with E-state index in [-0.39, 0.29) is 0 Å². The van der Waals surface area contributed by atoms with Gasteiger partial charge in [-0.05, 0) is 31.2 Å². The van der Waals surface area contributed by atoms with E-state index in [2.05, 4.69) is 23.3 Å². The van der Waals surface area contributed by atoms with E-state index in [1.54, 1.807) is 0 Å². The van der Waals surface area contributed by atoms with Gasteiger partial charge in [-0.2, -0.15) is 0 Å². The van der Waals surface area contributed by atoms with Crippen molar-refractivity contribution in [1.29, 1.82) is 0 Å². The van der Waals surface area contributed by atoms with Gasteiger partial charge in [0, 0.05) is 11.9 Å². The molecule has 0 fully saturated rings. The van der Waals surface area contributed by atoms with Crippen molar-refractivity contribution >= 4 is 11.3 Å². The van der Waals surface area contributed by atoms with Crippen LogP contribution < -0.4 is 10.1 Å². The van der Waals surface area contributed by atoms with Gasteiger partial charge < -0.3 is 10.1 Å². The number of hydrogen-bond donors (Lipinski definition) is 1. The van der Waals surface area contributed by atoms with Gasteiger partial charge >= 0.3 is 0 Å². The van der Waals surface area contributed by atoms with Gasteiger partial charge in [0.15, 0.2) is 0 Å². The van der Waals surface area contributed by atoms with Crippen LogP contribution in [0.15, 0.2) is 29.6 Å². The molecule has 1 aromatic carbocycles. The van der Waals surface area contributed by atoms with Crippen molar-refractivity contribution in [3.05, 3.63) is 40.9 Å². The highest BCUT2D eigenvalue weighted by Crippen LogP contribution is 2.25. The monoisotopic (exact) mass is 248 g/mol. The zero-order valence-electron chi connectivity index (χ0n) is 10.1. The molecule has 0 aliphatic carbocycles. The van der Waals surface area contributed by atoms with Crippen molar-refractivity contribution in [3.8, 4) is 10.9 Å². The van der Waals surface area contributed by atoms with E-state index in [0.29, 0.717) is 5.19 Å². The summed E-state index contributed by atoms with van der Waals surface area (Å²) in [5, 5.41) is 5.87. The molecule has 17 heavy (non-hydrogen) atoms. The van der Waals surface area contributed by atoms with E-state index in [1.807, 2.05) is 30.6 Å². The Morgan fingerprint density at radius 2 is 2.29 bits per heavy atom. The van der Waals surface area contributed by atoms with E-state index >= 15 is 0 Å². The summed E-state index contributed by atoms with van der Waals surface area (Å²) >= 11 is 1.54. The Hall–Kier alpha value is -1.39. The number of nitrogens with zero attached hydrogens (tertiary/aromatic N) is 1. The third-order valence-corrected chi connectivity index (χ3v) is 3.14. The van der Waals surface area contributed by atoms with Crippen LogP contribution in [-0.4, -0.2) is 12.0 Å². The second kappa shape index (κ2) is 5.80. The molecule has 0 radical (unpaired) electrons. The van der Waals surface area contributed by atoms with E-state index in [0.717, 1.165) is 24.4 Å². The van der Waals surface area contributed by atoms with Gasteiger partial charge in [0.25, 0.3) is 5.19 Å². The molecule has 2 aromatic rings. The summed E-state index contributed by atoms with van der Waals surface area (Å²) < 4.78 is 5.73. The zero-order valence-corrected chi connectivity index (χ0v) is 10.9. The molecule has 0 bridgehead atoms. The standard InChI is InChI=1S/C13H16N2OS/c1-3-11-9-17-13(15-11)16-12-6-4-5-10(7-12)8-14-2/h4-7,9,14H,3,8H2,1-2H3. The number of nitrogens with one attached hydrogen (secondary N) is 1. The highest BCUT2D eigenvalue weighted by Gasteiger charge is 2.03.